The molecule has 0 aromatic heterocycles. The fourth-order valence-corrected chi connectivity index (χ4v) is 4.43. The third-order valence-electron chi connectivity index (χ3n) is 5.53. The predicted molar refractivity (Wildman–Crippen MR) is 76.9 cm³/mol. The highest BCUT2D eigenvalue weighted by molar-refractivity contribution is 5.79. The van der Waals surface area contributed by atoms with Crippen molar-refractivity contribution in [3.63, 3.8) is 0 Å². The molecule has 2 saturated heterocycles. The molecule has 19 heavy (non-hydrogen) atoms. The fraction of sp³-hybridized carbons (Fsp3) is 0.938. The van der Waals surface area contributed by atoms with Crippen molar-refractivity contribution in [3.05, 3.63) is 0 Å². The van der Waals surface area contributed by atoms with Gasteiger partial charge in [-0.3, -0.25) is 4.79 Å². The minimum absolute atomic E-state index is 0.257. The molecule has 1 spiro atoms. The van der Waals surface area contributed by atoms with Crippen LogP contribution < -0.4 is 5.32 Å². The Labute approximate surface area is 117 Å². The van der Waals surface area contributed by atoms with Gasteiger partial charge in [-0.25, -0.2) is 0 Å². The Morgan fingerprint density at radius 2 is 1.84 bits per heavy atom. The van der Waals surface area contributed by atoms with Crippen molar-refractivity contribution in [3.8, 4) is 0 Å². The van der Waals surface area contributed by atoms with Crippen LogP contribution in [0.15, 0.2) is 0 Å². The lowest BCUT2D eigenvalue weighted by atomic mass is 9.69. The van der Waals surface area contributed by atoms with Crippen molar-refractivity contribution in [2.45, 2.75) is 57.8 Å². The first-order valence-corrected chi connectivity index (χ1v) is 8.29. The largest absolute Gasteiger partial charge is 0.342 e. The zero-order valence-corrected chi connectivity index (χ0v) is 12.1. The molecule has 1 N–H and O–H groups in total. The van der Waals surface area contributed by atoms with Crippen LogP contribution >= 0.6 is 0 Å². The lowest BCUT2D eigenvalue weighted by Crippen LogP contribution is -2.50. The number of amides is 1. The van der Waals surface area contributed by atoms with Gasteiger partial charge in [-0.05, 0) is 50.5 Å². The number of carbonyl (C=O) groups is 1. The molecule has 3 nitrogen and oxygen atoms in total. The van der Waals surface area contributed by atoms with Gasteiger partial charge >= 0.3 is 0 Å². The van der Waals surface area contributed by atoms with Gasteiger partial charge in [0.2, 0.25) is 5.91 Å². The summed E-state index contributed by atoms with van der Waals surface area (Å²) in [5, 5.41) is 3.38. The van der Waals surface area contributed by atoms with Crippen LogP contribution in [0, 0.1) is 11.3 Å². The Morgan fingerprint density at radius 1 is 1.05 bits per heavy atom. The van der Waals surface area contributed by atoms with Gasteiger partial charge in [0.25, 0.3) is 0 Å². The molecule has 1 atom stereocenters. The van der Waals surface area contributed by atoms with Crippen molar-refractivity contribution in [1.29, 1.82) is 0 Å². The molecule has 1 unspecified atom stereocenters. The van der Waals surface area contributed by atoms with E-state index in [2.05, 4.69) is 10.2 Å². The van der Waals surface area contributed by atoms with Gasteiger partial charge in [0.1, 0.15) is 0 Å². The van der Waals surface area contributed by atoms with Gasteiger partial charge in [-0.1, -0.05) is 19.3 Å². The average Bonchev–Trinajstić information content (AvgIpc) is 2.48. The van der Waals surface area contributed by atoms with Gasteiger partial charge in [0.15, 0.2) is 0 Å². The second kappa shape index (κ2) is 5.82. The van der Waals surface area contributed by atoms with Crippen LogP contribution in [0.2, 0.25) is 0 Å². The van der Waals surface area contributed by atoms with Crippen molar-refractivity contribution in [2.75, 3.05) is 26.2 Å². The molecule has 0 aromatic carbocycles. The Bertz CT molecular complexity index is 311. The zero-order valence-electron chi connectivity index (χ0n) is 12.1. The summed E-state index contributed by atoms with van der Waals surface area (Å²) in [5.41, 5.74) is 0.494. The van der Waals surface area contributed by atoms with Crippen molar-refractivity contribution < 1.29 is 4.79 Å². The maximum Gasteiger partial charge on any atom is 0.226 e. The minimum Gasteiger partial charge on any atom is -0.342 e. The van der Waals surface area contributed by atoms with E-state index in [1.807, 2.05) is 0 Å². The van der Waals surface area contributed by atoms with E-state index in [1.165, 1.54) is 44.9 Å². The monoisotopic (exact) mass is 264 g/mol. The Hall–Kier alpha value is -0.570. The standard InChI is InChI=1S/C16H28N2O/c19-15(14-6-4-10-17-12-14)18-11-5-9-16(13-18)7-2-1-3-8-16/h14,17H,1-13H2. The SMILES string of the molecule is O=C(C1CCCNC1)N1CCCC2(CCCCC2)C1. The lowest BCUT2D eigenvalue weighted by molar-refractivity contribution is -0.140. The van der Waals surface area contributed by atoms with E-state index < -0.39 is 0 Å². The maximum atomic E-state index is 12.7. The quantitative estimate of drug-likeness (QED) is 0.789. The van der Waals surface area contributed by atoms with Crippen LogP contribution in [0.4, 0.5) is 0 Å². The van der Waals surface area contributed by atoms with Crippen molar-refractivity contribution in [2.24, 2.45) is 11.3 Å². The Kier molecular flexibility index (Phi) is 4.11. The lowest BCUT2D eigenvalue weighted by Gasteiger charge is -2.46. The number of piperidine rings is 2. The van der Waals surface area contributed by atoms with E-state index in [0.29, 0.717) is 11.3 Å². The molecule has 0 radical (unpaired) electrons. The molecule has 1 amide bonds. The van der Waals surface area contributed by atoms with Gasteiger partial charge in [0, 0.05) is 19.6 Å². The number of hydrogen-bond acceptors (Lipinski definition) is 2. The molecule has 1 aliphatic carbocycles. The van der Waals surface area contributed by atoms with Crippen LogP contribution in [0.5, 0.6) is 0 Å². The molecule has 3 rings (SSSR count). The van der Waals surface area contributed by atoms with Crippen molar-refractivity contribution >= 4 is 5.91 Å². The molecule has 3 fully saturated rings. The van der Waals surface area contributed by atoms with E-state index in [4.69, 9.17) is 0 Å². The highest BCUT2D eigenvalue weighted by Crippen LogP contribution is 2.43. The predicted octanol–water partition coefficient (Wildman–Crippen LogP) is 2.56. The van der Waals surface area contributed by atoms with Crippen LogP contribution in [-0.4, -0.2) is 37.0 Å². The molecule has 108 valence electrons. The van der Waals surface area contributed by atoms with Gasteiger partial charge in [0.05, 0.1) is 5.92 Å². The molecule has 0 aromatic rings. The van der Waals surface area contributed by atoms with Gasteiger partial charge in [-0.2, -0.15) is 0 Å². The Balaban J connectivity index is 1.62. The van der Waals surface area contributed by atoms with Gasteiger partial charge < -0.3 is 10.2 Å². The fourth-order valence-electron chi connectivity index (χ4n) is 4.43. The molecule has 2 aliphatic heterocycles. The van der Waals surface area contributed by atoms with E-state index in [-0.39, 0.29) is 5.92 Å². The van der Waals surface area contributed by atoms with E-state index in [9.17, 15) is 4.79 Å². The first-order valence-electron chi connectivity index (χ1n) is 8.29. The van der Waals surface area contributed by atoms with Crippen LogP contribution in [0.25, 0.3) is 0 Å². The maximum absolute atomic E-state index is 12.7. The summed E-state index contributed by atoms with van der Waals surface area (Å²) < 4.78 is 0. The zero-order chi connectivity index (χ0) is 13.1. The van der Waals surface area contributed by atoms with E-state index in [1.54, 1.807) is 0 Å². The van der Waals surface area contributed by atoms with E-state index >= 15 is 0 Å². The Morgan fingerprint density at radius 3 is 2.58 bits per heavy atom. The summed E-state index contributed by atoms with van der Waals surface area (Å²) in [6, 6.07) is 0. The molecule has 1 saturated carbocycles. The molecular formula is C16H28N2O. The third-order valence-corrected chi connectivity index (χ3v) is 5.53. The summed E-state index contributed by atoms with van der Waals surface area (Å²) in [4.78, 5) is 14.9. The molecule has 0 bridgehead atoms. The smallest absolute Gasteiger partial charge is 0.226 e. The number of nitrogens with zero attached hydrogens (tertiary/aromatic N) is 1. The van der Waals surface area contributed by atoms with Crippen LogP contribution in [-0.2, 0) is 4.79 Å². The van der Waals surface area contributed by atoms with Crippen LogP contribution in [0.3, 0.4) is 0 Å². The molecular weight excluding hydrogens is 236 g/mol. The number of likely N-dealkylation sites (tertiary alicyclic amines) is 1. The van der Waals surface area contributed by atoms with Crippen LogP contribution in [0.1, 0.15) is 57.8 Å². The van der Waals surface area contributed by atoms with Crippen molar-refractivity contribution in [1.82, 2.24) is 10.2 Å². The summed E-state index contributed by atoms with van der Waals surface area (Å²) in [6.07, 6.45) is 11.7. The summed E-state index contributed by atoms with van der Waals surface area (Å²) in [7, 11) is 0. The highest BCUT2D eigenvalue weighted by Gasteiger charge is 2.39. The molecule has 2 heterocycles. The number of hydrogen-bond donors (Lipinski definition) is 1. The summed E-state index contributed by atoms with van der Waals surface area (Å²) in [5.74, 6) is 0.698. The second-order valence-electron chi connectivity index (χ2n) is 6.97. The van der Waals surface area contributed by atoms with Gasteiger partial charge in [-0.15, -0.1) is 0 Å². The first kappa shape index (κ1) is 13.4. The number of carbonyl (C=O) groups excluding carboxylic acids is 1. The number of rotatable bonds is 1. The van der Waals surface area contributed by atoms with E-state index in [0.717, 1.165) is 39.0 Å². The number of nitrogens with one attached hydrogen (secondary N) is 1. The third kappa shape index (κ3) is 2.96. The summed E-state index contributed by atoms with van der Waals surface area (Å²) in [6.45, 7) is 4.06. The first-order chi connectivity index (χ1) is 9.29. The molecule has 3 aliphatic rings. The highest BCUT2D eigenvalue weighted by atomic mass is 16.2. The average molecular weight is 264 g/mol. The summed E-state index contributed by atoms with van der Waals surface area (Å²) >= 11 is 0. The second-order valence-corrected chi connectivity index (χ2v) is 6.97. The molecule has 3 heteroatoms. The minimum atomic E-state index is 0.257. The topological polar surface area (TPSA) is 32.3 Å². The normalized spacial score (nSPS) is 31.4.